The van der Waals surface area contributed by atoms with Crippen LogP contribution in [0.3, 0.4) is 0 Å². The summed E-state index contributed by atoms with van der Waals surface area (Å²) < 4.78 is 5.09. The lowest BCUT2D eigenvalue weighted by atomic mass is 10.4. The summed E-state index contributed by atoms with van der Waals surface area (Å²) in [5, 5.41) is 0. The van der Waals surface area contributed by atoms with E-state index in [4.69, 9.17) is 4.74 Å². The molecule has 9 heavy (non-hydrogen) atoms. The largest absolute Gasteiger partial charge is 0.371 e. The van der Waals surface area contributed by atoms with Crippen molar-refractivity contribution in [1.82, 2.24) is 0 Å². The molecular formula is C6H12O2S. The minimum atomic E-state index is 0.619. The van der Waals surface area contributed by atoms with Crippen molar-refractivity contribution in [3.05, 3.63) is 0 Å². The molecule has 0 amide bonds. The molecule has 0 aliphatic carbocycles. The third-order valence-electron chi connectivity index (χ3n) is 0.812. The highest BCUT2D eigenvalue weighted by Gasteiger charge is 1.84. The Hall–Kier alpha value is -0.0200. The normalized spacial score (nSPS) is 9.44. The van der Waals surface area contributed by atoms with Gasteiger partial charge >= 0.3 is 0 Å². The van der Waals surface area contributed by atoms with E-state index < -0.39 is 0 Å². The fraction of sp³-hybridized carbons (Fsp3) is 0.833. The van der Waals surface area contributed by atoms with E-state index in [0.717, 1.165) is 18.6 Å². The Labute approximate surface area is 60.0 Å². The third-order valence-corrected chi connectivity index (χ3v) is 1.21. The first kappa shape index (κ1) is 8.98. The molecule has 2 nitrogen and oxygen atoms in total. The number of thioether (sulfide) groups is 1. The number of aldehydes is 1. The Balaban J connectivity index is 2.66. The maximum atomic E-state index is 9.78. The summed E-state index contributed by atoms with van der Waals surface area (Å²) in [5.74, 6) is 0.735. The lowest BCUT2D eigenvalue weighted by molar-refractivity contribution is -0.108. The Morgan fingerprint density at radius 3 is 3.00 bits per heavy atom. The first-order valence-electron chi connectivity index (χ1n) is 2.92. The van der Waals surface area contributed by atoms with Crippen molar-refractivity contribution in [2.24, 2.45) is 0 Å². The zero-order valence-electron chi connectivity index (χ0n) is 5.63. The van der Waals surface area contributed by atoms with Gasteiger partial charge in [-0.15, -0.1) is 11.8 Å². The minimum absolute atomic E-state index is 0.619. The van der Waals surface area contributed by atoms with Crippen molar-refractivity contribution in [2.45, 2.75) is 12.8 Å². The fourth-order valence-electron chi connectivity index (χ4n) is 0.411. The molecule has 0 atom stereocenters. The Kier molecular flexibility index (Phi) is 7.96. The molecule has 54 valence electrons. The molecule has 0 heterocycles. The van der Waals surface area contributed by atoms with E-state index in [1.54, 1.807) is 11.8 Å². The van der Waals surface area contributed by atoms with Crippen LogP contribution in [-0.4, -0.2) is 25.1 Å². The van der Waals surface area contributed by atoms with E-state index in [-0.39, 0.29) is 0 Å². The van der Waals surface area contributed by atoms with E-state index in [9.17, 15) is 4.79 Å². The maximum Gasteiger partial charge on any atom is 0.120 e. The first-order valence-corrected chi connectivity index (χ1v) is 4.31. The number of carbonyl (C=O) groups is 1. The molecule has 0 aromatic carbocycles. The van der Waals surface area contributed by atoms with Gasteiger partial charge in [0.15, 0.2) is 0 Å². The average Bonchev–Trinajstić information content (AvgIpc) is 1.89. The van der Waals surface area contributed by atoms with E-state index in [0.29, 0.717) is 13.0 Å². The van der Waals surface area contributed by atoms with Gasteiger partial charge in [-0.25, -0.2) is 0 Å². The van der Waals surface area contributed by atoms with Crippen LogP contribution in [0, 0.1) is 0 Å². The van der Waals surface area contributed by atoms with Crippen LogP contribution in [0.4, 0.5) is 0 Å². The predicted octanol–water partition coefficient (Wildman–Crippen LogP) is 1.30. The highest BCUT2D eigenvalue weighted by Crippen LogP contribution is 1.93. The summed E-state index contributed by atoms with van der Waals surface area (Å²) in [4.78, 5) is 9.78. The SMILES string of the molecule is CSCOCCCC=O. The van der Waals surface area contributed by atoms with Crippen molar-refractivity contribution >= 4 is 18.0 Å². The third kappa shape index (κ3) is 7.98. The van der Waals surface area contributed by atoms with Gasteiger partial charge < -0.3 is 9.53 Å². The van der Waals surface area contributed by atoms with Gasteiger partial charge in [0.25, 0.3) is 0 Å². The van der Waals surface area contributed by atoms with Gasteiger partial charge in [0.05, 0.1) is 5.94 Å². The summed E-state index contributed by atoms with van der Waals surface area (Å²) in [6.07, 6.45) is 4.38. The molecule has 3 heteroatoms. The standard InChI is InChI=1S/C6H12O2S/c1-9-6-8-5-3-2-4-7/h4H,2-3,5-6H2,1H3. The molecule has 0 aromatic rings. The summed E-state index contributed by atoms with van der Waals surface area (Å²) in [7, 11) is 0. The Morgan fingerprint density at radius 2 is 2.44 bits per heavy atom. The van der Waals surface area contributed by atoms with Gasteiger partial charge in [0, 0.05) is 13.0 Å². The zero-order chi connectivity index (χ0) is 6.95. The average molecular weight is 148 g/mol. The van der Waals surface area contributed by atoms with Crippen LogP contribution in [0.5, 0.6) is 0 Å². The van der Waals surface area contributed by atoms with E-state index in [1.165, 1.54) is 0 Å². The monoisotopic (exact) mass is 148 g/mol. The molecule has 0 radical (unpaired) electrons. The van der Waals surface area contributed by atoms with Gasteiger partial charge in [-0.05, 0) is 12.7 Å². The molecule has 0 fully saturated rings. The van der Waals surface area contributed by atoms with Crippen molar-refractivity contribution in [2.75, 3.05) is 18.8 Å². The molecule has 0 saturated carbocycles. The summed E-state index contributed by atoms with van der Waals surface area (Å²) in [6.45, 7) is 0.708. The number of hydrogen-bond acceptors (Lipinski definition) is 3. The lowest BCUT2D eigenvalue weighted by Gasteiger charge is -1.97. The van der Waals surface area contributed by atoms with Crippen molar-refractivity contribution in [3.8, 4) is 0 Å². The smallest absolute Gasteiger partial charge is 0.120 e. The number of carbonyl (C=O) groups excluding carboxylic acids is 1. The van der Waals surface area contributed by atoms with Gasteiger partial charge in [-0.2, -0.15) is 0 Å². The van der Waals surface area contributed by atoms with Gasteiger partial charge in [0.2, 0.25) is 0 Å². The minimum Gasteiger partial charge on any atom is -0.371 e. The van der Waals surface area contributed by atoms with Crippen LogP contribution in [-0.2, 0) is 9.53 Å². The summed E-state index contributed by atoms with van der Waals surface area (Å²) in [5.41, 5.74) is 0. The predicted molar refractivity (Wildman–Crippen MR) is 39.6 cm³/mol. The maximum absolute atomic E-state index is 9.78. The quantitative estimate of drug-likeness (QED) is 0.322. The second-order valence-corrected chi connectivity index (χ2v) is 2.44. The second kappa shape index (κ2) is 7.98. The number of unbranched alkanes of at least 4 members (excludes halogenated alkanes) is 1. The van der Waals surface area contributed by atoms with E-state index in [2.05, 4.69) is 0 Å². The van der Waals surface area contributed by atoms with Crippen LogP contribution in [0.1, 0.15) is 12.8 Å². The molecule has 0 N–H and O–H groups in total. The molecule has 0 unspecified atom stereocenters. The summed E-state index contributed by atoms with van der Waals surface area (Å²) in [6, 6.07) is 0. The number of ether oxygens (including phenoxy) is 1. The highest BCUT2D eigenvalue weighted by atomic mass is 32.2. The van der Waals surface area contributed by atoms with E-state index >= 15 is 0 Å². The van der Waals surface area contributed by atoms with Crippen molar-refractivity contribution < 1.29 is 9.53 Å². The molecule has 0 aliphatic heterocycles. The zero-order valence-corrected chi connectivity index (χ0v) is 6.45. The molecule has 0 bridgehead atoms. The first-order chi connectivity index (χ1) is 4.41. The topological polar surface area (TPSA) is 26.3 Å². The Morgan fingerprint density at radius 1 is 1.67 bits per heavy atom. The van der Waals surface area contributed by atoms with Crippen LogP contribution in [0.15, 0.2) is 0 Å². The Bertz CT molecular complexity index is 66.1. The van der Waals surface area contributed by atoms with Crippen LogP contribution in [0.25, 0.3) is 0 Å². The fourth-order valence-corrected chi connectivity index (χ4v) is 0.696. The lowest BCUT2D eigenvalue weighted by Crippen LogP contribution is -1.92. The van der Waals surface area contributed by atoms with Crippen molar-refractivity contribution in [1.29, 1.82) is 0 Å². The van der Waals surface area contributed by atoms with Crippen LogP contribution < -0.4 is 0 Å². The number of hydrogen-bond donors (Lipinski definition) is 0. The molecule has 0 aliphatic rings. The van der Waals surface area contributed by atoms with Gasteiger partial charge in [-0.3, -0.25) is 0 Å². The van der Waals surface area contributed by atoms with Gasteiger partial charge in [-0.1, -0.05) is 0 Å². The second-order valence-electron chi connectivity index (χ2n) is 1.62. The summed E-state index contributed by atoms with van der Waals surface area (Å²) >= 11 is 1.65. The molecular weight excluding hydrogens is 136 g/mol. The highest BCUT2D eigenvalue weighted by molar-refractivity contribution is 7.98. The molecule has 0 saturated heterocycles. The van der Waals surface area contributed by atoms with Crippen LogP contribution in [0.2, 0.25) is 0 Å². The number of rotatable bonds is 6. The van der Waals surface area contributed by atoms with Crippen molar-refractivity contribution in [3.63, 3.8) is 0 Å². The van der Waals surface area contributed by atoms with E-state index in [1.807, 2.05) is 6.26 Å². The van der Waals surface area contributed by atoms with Crippen LogP contribution >= 0.6 is 11.8 Å². The molecule has 0 spiro atoms. The molecule has 0 rings (SSSR count). The van der Waals surface area contributed by atoms with Gasteiger partial charge in [0.1, 0.15) is 6.29 Å². The molecule has 0 aromatic heterocycles.